The fourth-order valence-electron chi connectivity index (χ4n) is 4.69. The van der Waals surface area contributed by atoms with Crippen LogP contribution in [0, 0.1) is 17.0 Å². The number of benzene rings is 3. The predicted molar refractivity (Wildman–Crippen MR) is 171 cm³/mol. The van der Waals surface area contributed by atoms with E-state index in [0.717, 1.165) is 10.4 Å². The minimum Gasteiger partial charge on any atom is -0.497 e. The van der Waals surface area contributed by atoms with Crippen molar-refractivity contribution in [1.29, 1.82) is 0 Å². The monoisotopic (exact) mass is 640 g/mol. The van der Waals surface area contributed by atoms with Crippen LogP contribution in [0.25, 0.3) is 0 Å². The molecule has 0 aliphatic rings. The van der Waals surface area contributed by atoms with Crippen LogP contribution in [0.2, 0.25) is 0 Å². The number of aryl methyl sites for hydroxylation is 1. The number of sulfonamides is 1. The minimum atomic E-state index is -4.52. The number of amides is 2. The standard InChI is InChI=1S/C32H40N4O8S/c1-8-28(31(38)33-32(3,4)5)34(20-23-10-9-11-26(18-23)44-7)30(37)21-35(24-13-15-25(43-6)16-14-24)45(41,42)27-17-12-22(2)29(19-27)36(39)40/h9-19,28H,8,20-21H2,1-7H3,(H,33,38). The Kier molecular flexibility index (Phi) is 11.2. The Morgan fingerprint density at radius 1 is 0.978 bits per heavy atom. The molecule has 13 heteroatoms. The van der Waals surface area contributed by atoms with Gasteiger partial charge in [-0.2, -0.15) is 0 Å². The number of ether oxygens (including phenoxy) is 2. The van der Waals surface area contributed by atoms with E-state index in [4.69, 9.17) is 9.47 Å². The van der Waals surface area contributed by atoms with Gasteiger partial charge in [0.1, 0.15) is 24.1 Å². The summed E-state index contributed by atoms with van der Waals surface area (Å²) in [5.41, 5.74) is 0.111. The number of nitro groups is 1. The molecule has 1 atom stereocenters. The zero-order chi connectivity index (χ0) is 33.5. The molecular formula is C32H40N4O8S. The number of hydrogen-bond donors (Lipinski definition) is 1. The van der Waals surface area contributed by atoms with Crippen LogP contribution in [0.5, 0.6) is 11.5 Å². The van der Waals surface area contributed by atoms with E-state index in [2.05, 4.69) is 5.32 Å². The van der Waals surface area contributed by atoms with Gasteiger partial charge in [0.05, 0.1) is 29.7 Å². The molecule has 0 fully saturated rings. The molecule has 12 nitrogen and oxygen atoms in total. The number of nitrogens with zero attached hydrogens (tertiary/aromatic N) is 3. The van der Waals surface area contributed by atoms with Gasteiger partial charge in [0, 0.05) is 23.7 Å². The molecular weight excluding hydrogens is 600 g/mol. The second kappa shape index (κ2) is 14.4. The topological polar surface area (TPSA) is 148 Å². The van der Waals surface area contributed by atoms with Crippen molar-refractivity contribution in [2.75, 3.05) is 25.1 Å². The van der Waals surface area contributed by atoms with Crippen molar-refractivity contribution >= 4 is 33.2 Å². The van der Waals surface area contributed by atoms with Crippen molar-refractivity contribution in [3.63, 3.8) is 0 Å². The lowest BCUT2D eigenvalue weighted by molar-refractivity contribution is -0.385. The van der Waals surface area contributed by atoms with E-state index in [1.807, 2.05) is 20.8 Å². The number of carbonyl (C=O) groups is 2. The normalized spacial score (nSPS) is 12.2. The van der Waals surface area contributed by atoms with E-state index >= 15 is 0 Å². The first-order valence-electron chi connectivity index (χ1n) is 14.3. The highest BCUT2D eigenvalue weighted by Crippen LogP contribution is 2.30. The largest absolute Gasteiger partial charge is 0.497 e. The van der Waals surface area contributed by atoms with Crippen LogP contribution in [-0.2, 0) is 26.2 Å². The average Bonchev–Trinajstić information content (AvgIpc) is 2.98. The summed E-state index contributed by atoms with van der Waals surface area (Å²) < 4.78 is 39.7. The third-order valence-electron chi connectivity index (χ3n) is 6.98. The molecule has 0 heterocycles. The second-order valence-corrected chi connectivity index (χ2v) is 13.3. The van der Waals surface area contributed by atoms with Crippen molar-refractivity contribution in [3.8, 4) is 11.5 Å². The Labute approximate surface area is 264 Å². The summed E-state index contributed by atoms with van der Waals surface area (Å²) in [6.45, 7) is 8.03. The molecule has 2 amide bonds. The van der Waals surface area contributed by atoms with Gasteiger partial charge in [0.25, 0.3) is 15.7 Å². The highest BCUT2D eigenvalue weighted by molar-refractivity contribution is 7.92. The molecule has 3 rings (SSSR count). The summed E-state index contributed by atoms with van der Waals surface area (Å²) in [6, 6.07) is 15.7. The molecule has 0 aliphatic heterocycles. The molecule has 1 N–H and O–H groups in total. The maximum absolute atomic E-state index is 14.3. The summed E-state index contributed by atoms with van der Waals surface area (Å²) >= 11 is 0. The average molecular weight is 641 g/mol. The number of carbonyl (C=O) groups excluding carboxylic acids is 2. The first-order chi connectivity index (χ1) is 21.1. The highest BCUT2D eigenvalue weighted by Gasteiger charge is 2.35. The summed E-state index contributed by atoms with van der Waals surface area (Å²) in [6.07, 6.45) is 0.247. The summed E-state index contributed by atoms with van der Waals surface area (Å²) in [5.74, 6) is -0.0440. The van der Waals surface area contributed by atoms with Crippen molar-refractivity contribution < 1.29 is 32.4 Å². The molecule has 0 aliphatic carbocycles. The molecule has 0 saturated heterocycles. The van der Waals surface area contributed by atoms with Gasteiger partial charge in [0.15, 0.2) is 0 Å². The van der Waals surface area contributed by atoms with Crippen LogP contribution in [-0.4, -0.2) is 62.4 Å². The quantitative estimate of drug-likeness (QED) is 0.206. The SMILES string of the molecule is CCC(C(=O)NC(C)(C)C)N(Cc1cccc(OC)c1)C(=O)CN(c1ccc(OC)cc1)S(=O)(=O)c1ccc(C)c([N+](=O)[O-])c1. The van der Waals surface area contributed by atoms with E-state index in [9.17, 15) is 28.1 Å². The Bertz CT molecular complexity index is 1640. The lowest BCUT2D eigenvalue weighted by Crippen LogP contribution is -2.55. The maximum atomic E-state index is 14.3. The fraction of sp³-hybridized carbons (Fsp3) is 0.375. The minimum absolute atomic E-state index is 0.0153. The predicted octanol–water partition coefficient (Wildman–Crippen LogP) is 4.84. The lowest BCUT2D eigenvalue weighted by atomic mass is 10.1. The van der Waals surface area contributed by atoms with Crippen LogP contribution in [0.4, 0.5) is 11.4 Å². The Morgan fingerprint density at radius 3 is 2.18 bits per heavy atom. The number of nitrogens with one attached hydrogen (secondary N) is 1. The molecule has 45 heavy (non-hydrogen) atoms. The highest BCUT2D eigenvalue weighted by atomic mass is 32.2. The van der Waals surface area contributed by atoms with Crippen LogP contribution in [0.1, 0.15) is 45.2 Å². The molecule has 0 bridgehead atoms. The summed E-state index contributed by atoms with van der Waals surface area (Å²) in [7, 11) is -1.54. The summed E-state index contributed by atoms with van der Waals surface area (Å²) in [4.78, 5) is 39.7. The van der Waals surface area contributed by atoms with Crippen molar-refractivity contribution in [2.24, 2.45) is 0 Å². The number of hydrogen-bond acceptors (Lipinski definition) is 8. The van der Waals surface area contributed by atoms with Gasteiger partial charge in [0.2, 0.25) is 11.8 Å². The number of anilines is 1. The molecule has 0 radical (unpaired) electrons. The molecule has 242 valence electrons. The number of nitro benzene ring substituents is 1. The van der Waals surface area contributed by atoms with Crippen molar-refractivity contribution in [2.45, 2.75) is 64.1 Å². The van der Waals surface area contributed by atoms with E-state index in [-0.39, 0.29) is 34.8 Å². The molecule has 3 aromatic rings. The Balaban J connectivity index is 2.14. The molecule has 0 saturated carbocycles. The van der Waals surface area contributed by atoms with Crippen LogP contribution < -0.4 is 19.1 Å². The van der Waals surface area contributed by atoms with E-state index in [1.54, 1.807) is 43.3 Å². The van der Waals surface area contributed by atoms with E-state index < -0.39 is 44.9 Å². The van der Waals surface area contributed by atoms with E-state index in [1.165, 1.54) is 50.3 Å². The van der Waals surface area contributed by atoms with Gasteiger partial charge in [-0.15, -0.1) is 0 Å². The molecule has 3 aromatic carbocycles. The number of rotatable bonds is 13. The van der Waals surface area contributed by atoms with Crippen LogP contribution in [0.3, 0.4) is 0 Å². The van der Waals surface area contributed by atoms with Crippen LogP contribution in [0.15, 0.2) is 71.6 Å². The second-order valence-electron chi connectivity index (χ2n) is 11.5. The van der Waals surface area contributed by atoms with Crippen molar-refractivity contribution in [3.05, 3.63) is 88.0 Å². The zero-order valence-electron chi connectivity index (χ0n) is 26.6. The van der Waals surface area contributed by atoms with Gasteiger partial charge in [-0.1, -0.05) is 25.1 Å². The number of methoxy groups -OCH3 is 2. The smallest absolute Gasteiger partial charge is 0.273 e. The molecule has 1 unspecified atom stereocenters. The van der Waals surface area contributed by atoms with Gasteiger partial charge >= 0.3 is 0 Å². The zero-order valence-corrected chi connectivity index (χ0v) is 27.4. The van der Waals surface area contributed by atoms with E-state index in [0.29, 0.717) is 17.1 Å². The first-order valence-corrected chi connectivity index (χ1v) is 15.7. The van der Waals surface area contributed by atoms with Crippen molar-refractivity contribution in [1.82, 2.24) is 10.2 Å². The van der Waals surface area contributed by atoms with Gasteiger partial charge in [-0.05, 0) is 82.1 Å². The first kappa shape index (κ1) is 34.8. The third kappa shape index (κ3) is 8.72. The van der Waals surface area contributed by atoms with Gasteiger partial charge in [-0.3, -0.25) is 24.0 Å². The molecule has 0 spiro atoms. The maximum Gasteiger partial charge on any atom is 0.273 e. The lowest BCUT2D eigenvalue weighted by Gasteiger charge is -2.34. The summed E-state index contributed by atoms with van der Waals surface area (Å²) in [5, 5.41) is 14.6. The van der Waals surface area contributed by atoms with Gasteiger partial charge in [-0.25, -0.2) is 8.42 Å². The molecule has 0 aromatic heterocycles. The van der Waals surface area contributed by atoms with Crippen LogP contribution >= 0.6 is 0 Å². The van der Waals surface area contributed by atoms with Gasteiger partial charge < -0.3 is 19.7 Å². The fourth-order valence-corrected chi connectivity index (χ4v) is 6.13. The Morgan fingerprint density at radius 2 is 1.62 bits per heavy atom. The third-order valence-corrected chi connectivity index (χ3v) is 8.75. The Hall–Kier alpha value is -4.65.